The highest BCUT2D eigenvalue weighted by Gasteiger charge is 2.11. The predicted molar refractivity (Wildman–Crippen MR) is 56.8 cm³/mol. The fourth-order valence-electron chi connectivity index (χ4n) is 0.932. The van der Waals surface area contributed by atoms with E-state index in [0.717, 1.165) is 0 Å². The lowest BCUT2D eigenvalue weighted by Gasteiger charge is -2.08. The Hall–Kier alpha value is -1.21. The van der Waals surface area contributed by atoms with Gasteiger partial charge in [0.25, 0.3) is 5.91 Å². The van der Waals surface area contributed by atoms with Crippen molar-refractivity contribution in [1.29, 1.82) is 0 Å². The van der Waals surface area contributed by atoms with Gasteiger partial charge in [0.2, 0.25) is 0 Å². The maximum atomic E-state index is 11.5. The highest BCUT2D eigenvalue weighted by Crippen LogP contribution is 2.13. The first-order valence-corrected chi connectivity index (χ1v) is 4.97. The second-order valence-corrected chi connectivity index (χ2v) is 3.52. The van der Waals surface area contributed by atoms with Gasteiger partial charge >= 0.3 is 0 Å². The lowest BCUT2D eigenvalue weighted by atomic mass is 10.2. The Morgan fingerprint density at radius 1 is 1.86 bits per heavy atom. The molecule has 3 nitrogen and oxygen atoms in total. The highest BCUT2D eigenvalue weighted by atomic mass is 79.9. The molecule has 0 aromatic carbocycles. The number of nitrogens with one attached hydrogen (secondary N) is 1. The van der Waals surface area contributed by atoms with Gasteiger partial charge in [-0.15, -0.1) is 6.42 Å². The van der Waals surface area contributed by atoms with Crippen molar-refractivity contribution in [2.75, 3.05) is 0 Å². The lowest BCUT2D eigenvalue weighted by Crippen LogP contribution is -2.32. The second-order valence-electron chi connectivity index (χ2n) is 2.74. The largest absolute Gasteiger partial charge is 0.457 e. The van der Waals surface area contributed by atoms with Gasteiger partial charge in [0.1, 0.15) is 6.26 Å². The summed E-state index contributed by atoms with van der Waals surface area (Å²) in [4.78, 5) is 11.5. The first kappa shape index (κ1) is 10.9. The number of hydrogen-bond donors (Lipinski definition) is 1. The molecular weight excluding hydrogens is 246 g/mol. The standard InChI is InChI=1S/C10H10BrNO2/c1-3-8(4-2)12-10(13)7-5-9(11)14-6-7/h1,5-6,8H,4H2,2H3,(H,12,13). The zero-order valence-corrected chi connectivity index (χ0v) is 9.30. The van der Waals surface area contributed by atoms with E-state index in [0.29, 0.717) is 16.7 Å². The number of amides is 1. The van der Waals surface area contributed by atoms with Crippen LogP contribution in [-0.4, -0.2) is 11.9 Å². The van der Waals surface area contributed by atoms with Gasteiger partial charge in [0, 0.05) is 6.07 Å². The van der Waals surface area contributed by atoms with Crippen molar-refractivity contribution in [2.45, 2.75) is 19.4 Å². The van der Waals surface area contributed by atoms with E-state index in [1.54, 1.807) is 6.07 Å². The Kier molecular flexibility index (Phi) is 3.78. The highest BCUT2D eigenvalue weighted by molar-refractivity contribution is 9.10. The normalized spacial score (nSPS) is 11.8. The van der Waals surface area contributed by atoms with Gasteiger partial charge in [-0.05, 0) is 22.4 Å². The monoisotopic (exact) mass is 255 g/mol. The van der Waals surface area contributed by atoms with E-state index in [2.05, 4.69) is 27.2 Å². The molecule has 0 radical (unpaired) electrons. The summed E-state index contributed by atoms with van der Waals surface area (Å²) in [5.41, 5.74) is 0.463. The Balaban J connectivity index is 2.64. The topological polar surface area (TPSA) is 42.2 Å². The van der Waals surface area contributed by atoms with Crippen molar-refractivity contribution < 1.29 is 9.21 Å². The molecule has 4 heteroatoms. The minimum atomic E-state index is -0.226. The number of carbonyl (C=O) groups excluding carboxylic acids is 1. The van der Waals surface area contributed by atoms with Crippen molar-refractivity contribution in [3.05, 3.63) is 22.6 Å². The van der Waals surface area contributed by atoms with Crippen LogP contribution in [0.25, 0.3) is 0 Å². The molecule has 74 valence electrons. The molecule has 1 atom stereocenters. The zero-order valence-electron chi connectivity index (χ0n) is 7.71. The lowest BCUT2D eigenvalue weighted by molar-refractivity contribution is 0.0944. The van der Waals surface area contributed by atoms with Gasteiger partial charge < -0.3 is 9.73 Å². The molecule has 0 fully saturated rings. The maximum absolute atomic E-state index is 11.5. The summed E-state index contributed by atoms with van der Waals surface area (Å²) < 4.78 is 5.46. The summed E-state index contributed by atoms with van der Waals surface area (Å²) in [6.07, 6.45) is 7.30. The van der Waals surface area contributed by atoms with Crippen LogP contribution in [0.1, 0.15) is 23.7 Å². The van der Waals surface area contributed by atoms with Crippen LogP contribution >= 0.6 is 15.9 Å². The average molecular weight is 256 g/mol. The average Bonchev–Trinajstić information content (AvgIpc) is 2.61. The van der Waals surface area contributed by atoms with Gasteiger partial charge in [-0.1, -0.05) is 12.8 Å². The van der Waals surface area contributed by atoms with Crippen molar-refractivity contribution in [3.63, 3.8) is 0 Å². The predicted octanol–water partition coefficient (Wildman–Crippen LogP) is 2.18. The van der Waals surface area contributed by atoms with Crippen molar-refractivity contribution >= 4 is 21.8 Å². The van der Waals surface area contributed by atoms with Crippen LogP contribution in [0.5, 0.6) is 0 Å². The molecule has 0 aliphatic carbocycles. The molecule has 1 amide bonds. The van der Waals surface area contributed by atoms with Crippen LogP contribution < -0.4 is 5.32 Å². The van der Waals surface area contributed by atoms with Crippen LogP contribution in [-0.2, 0) is 0 Å². The van der Waals surface area contributed by atoms with E-state index in [1.165, 1.54) is 6.26 Å². The summed E-state index contributed by atoms with van der Waals surface area (Å²) >= 11 is 3.11. The van der Waals surface area contributed by atoms with Gasteiger partial charge in [0.05, 0.1) is 11.6 Å². The van der Waals surface area contributed by atoms with E-state index in [4.69, 9.17) is 10.8 Å². The quantitative estimate of drug-likeness (QED) is 0.842. The van der Waals surface area contributed by atoms with Gasteiger partial charge in [-0.2, -0.15) is 0 Å². The third-order valence-electron chi connectivity index (χ3n) is 1.74. The minimum absolute atomic E-state index is 0.218. The van der Waals surface area contributed by atoms with Gasteiger partial charge in [-0.3, -0.25) is 4.79 Å². The SMILES string of the molecule is C#CC(CC)NC(=O)c1coc(Br)c1. The van der Waals surface area contributed by atoms with Crippen molar-refractivity contribution in [2.24, 2.45) is 0 Å². The fourth-order valence-corrected chi connectivity index (χ4v) is 1.27. The van der Waals surface area contributed by atoms with E-state index < -0.39 is 0 Å². The number of carbonyl (C=O) groups is 1. The molecule has 1 heterocycles. The van der Waals surface area contributed by atoms with E-state index in [1.807, 2.05) is 6.92 Å². The van der Waals surface area contributed by atoms with Crippen LogP contribution in [0, 0.1) is 12.3 Å². The second kappa shape index (κ2) is 4.87. The third-order valence-corrected chi connectivity index (χ3v) is 2.16. The van der Waals surface area contributed by atoms with Crippen LogP contribution in [0.15, 0.2) is 21.4 Å². The summed E-state index contributed by atoms with van der Waals surface area (Å²) in [5, 5.41) is 2.69. The zero-order chi connectivity index (χ0) is 10.6. The number of terminal acetylenes is 1. The van der Waals surface area contributed by atoms with Gasteiger partial charge in [-0.25, -0.2) is 0 Å². The molecule has 14 heavy (non-hydrogen) atoms. The molecule has 1 aromatic heterocycles. The minimum Gasteiger partial charge on any atom is -0.457 e. The van der Waals surface area contributed by atoms with Crippen LogP contribution in [0.2, 0.25) is 0 Å². The smallest absolute Gasteiger partial charge is 0.255 e. The Labute approximate surface area is 91.0 Å². The Bertz CT molecular complexity index is 364. The summed E-state index contributed by atoms with van der Waals surface area (Å²) in [5.74, 6) is 2.27. The molecule has 1 unspecified atom stereocenters. The van der Waals surface area contributed by atoms with Crippen molar-refractivity contribution in [3.8, 4) is 12.3 Å². The van der Waals surface area contributed by atoms with E-state index in [9.17, 15) is 4.79 Å². The number of furan rings is 1. The maximum Gasteiger partial charge on any atom is 0.255 e. The van der Waals surface area contributed by atoms with E-state index in [-0.39, 0.29) is 11.9 Å². The number of hydrogen-bond acceptors (Lipinski definition) is 2. The number of rotatable bonds is 3. The third kappa shape index (κ3) is 2.64. The molecular formula is C10H10BrNO2. The first-order valence-electron chi connectivity index (χ1n) is 4.18. The first-order chi connectivity index (χ1) is 6.67. The van der Waals surface area contributed by atoms with E-state index >= 15 is 0 Å². The molecule has 0 spiro atoms. The molecule has 1 aromatic rings. The number of halogens is 1. The Morgan fingerprint density at radius 2 is 2.57 bits per heavy atom. The molecule has 0 saturated carbocycles. The molecule has 0 saturated heterocycles. The van der Waals surface area contributed by atoms with Crippen molar-refractivity contribution in [1.82, 2.24) is 5.32 Å². The molecule has 0 aliphatic heterocycles. The van der Waals surface area contributed by atoms with Gasteiger partial charge in [0.15, 0.2) is 4.67 Å². The molecule has 0 aliphatic rings. The van der Waals surface area contributed by atoms with Crippen LogP contribution in [0.3, 0.4) is 0 Å². The molecule has 1 rings (SSSR count). The molecule has 1 N–H and O–H groups in total. The summed E-state index contributed by atoms with van der Waals surface area (Å²) in [6.45, 7) is 1.91. The summed E-state index contributed by atoms with van der Waals surface area (Å²) in [7, 11) is 0. The fraction of sp³-hybridized carbons (Fsp3) is 0.300. The Morgan fingerprint density at radius 3 is 3.00 bits per heavy atom. The summed E-state index contributed by atoms with van der Waals surface area (Å²) in [6, 6.07) is 1.37. The van der Waals surface area contributed by atoms with Crippen LogP contribution in [0.4, 0.5) is 0 Å². The molecule has 0 bridgehead atoms.